The molecule has 0 unspecified atom stereocenters. The monoisotopic (exact) mass is 297 g/mol. The minimum atomic E-state index is 0.0204. The van der Waals surface area contributed by atoms with Crippen LogP contribution < -0.4 is 10.1 Å². The SMILES string of the molecule is CNc1nc(OC(C)C)nc(Sc2nc(C)cs2)n1. The van der Waals surface area contributed by atoms with Crippen molar-refractivity contribution in [2.45, 2.75) is 36.4 Å². The van der Waals surface area contributed by atoms with Gasteiger partial charge in [0, 0.05) is 18.1 Å². The number of thiazole rings is 1. The maximum absolute atomic E-state index is 5.51. The van der Waals surface area contributed by atoms with Gasteiger partial charge in [-0.05, 0) is 32.5 Å². The summed E-state index contributed by atoms with van der Waals surface area (Å²) >= 11 is 2.97. The largest absolute Gasteiger partial charge is 0.461 e. The molecule has 2 heterocycles. The third-order valence-corrected chi connectivity index (χ3v) is 3.86. The standard InChI is InChI=1S/C11H15N5OS2/c1-6(2)17-9-14-8(12-4)15-10(16-9)19-11-13-7(3)5-18-11/h5-6H,1-4H3,(H,12,14,15,16). The molecule has 0 saturated carbocycles. The smallest absolute Gasteiger partial charge is 0.322 e. The Morgan fingerprint density at radius 3 is 2.63 bits per heavy atom. The normalized spacial score (nSPS) is 10.8. The molecule has 0 aliphatic carbocycles. The van der Waals surface area contributed by atoms with Crippen LogP contribution in [-0.4, -0.2) is 33.1 Å². The molecule has 1 N–H and O–H groups in total. The molecule has 0 spiro atoms. The minimum absolute atomic E-state index is 0.0204. The van der Waals surface area contributed by atoms with Crippen LogP contribution in [0.15, 0.2) is 14.9 Å². The van der Waals surface area contributed by atoms with Crippen LogP contribution in [0.1, 0.15) is 19.5 Å². The molecule has 102 valence electrons. The van der Waals surface area contributed by atoms with E-state index >= 15 is 0 Å². The quantitative estimate of drug-likeness (QED) is 0.909. The second-order valence-electron chi connectivity index (χ2n) is 4.00. The lowest BCUT2D eigenvalue weighted by Gasteiger charge is -2.09. The predicted octanol–water partition coefficient (Wildman–Crippen LogP) is 2.62. The fraction of sp³-hybridized carbons (Fsp3) is 0.455. The number of aromatic nitrogens is 4. The van der Waals surface area contributed by atoms with Crippen molar-refractivity contribution in [2.75, 3.05) is 12.4 Å². The van der Waals surface area contributed by atoms with Crippen LogP contribution in [0, 0.1) is 6.92 Å². The van der Waals surface area contributed by atoms with E-state index in [0.29, 0.717) is 17.1 Å². The first-order valence-corrected chi connectivity index (χ1v) is 7.47. The van der Waals surface area contributed by atoms with E-state index in [-0.39, 0.29) is 6.10 Å². The Balaban J connectivity index is 2.23. The lowest BCUT2D eigenvalue weighted by Crippen LogP contribution is -2.10. The number of ether oxygens (including phenoxy) is 1. The number of hydrogen-bond donors (Lipinski definition) is 1. The Labute approximate surface area is 120 Å². The second kappa shape index (κ2) is 6.16. The highest BCUT2D eigenvalue weighted by atomic mass is 32.2. The highest BCUT2D eigenvalue weighted by Gasteiger charge is 2.11. The maximum Gasteiger partial charge on any atom is 0.322 e. The van der Waals surface area contributed by atoms with E-state index in [1.165, 1.54) is 11.8 Å². The van der Waals surface area contributed by atoms with Crippen LogP contribution in [-0.2, 0) is 0 Å². The van der Waals surface area contributed by atoms with Crippen LogP contribution in [0.2, 0.25) is 0 Å². The van der Waals surface area contributed by atoms with Crippen molar-refractivity contribution in [1.29, 1.82) is 0 Å². The lowest BCUT2D eigenvalue weighted by molar-refractivity contribution is 0.219. The van der Waals surface area contributed by atoms with Gasteiger partial charge in [-0.2, -0.15) is 15.0 Å². The zero-order valence-corrected chi connectivity index (χ0v) is 12.8. The Kier molecular flexibility index (Phi) is 4.54. The Bertz CT molecular complexity index is 558. The highest BCUT2D eigenvalue weighted by Crippen LogP contribution is 2.29. The van der Waals surface area contributed by atoms with E-state index in [1.54, 1.807) is 18.4 Å². The van der Waals surface area contributed by atoms with Gasteiger partial charge in [-0.3, -0.25) is 0 Å². The van der Waals surface area contributed by atoms with Gasteiger partial charge in [0.2, 0.25) is 11.1 Å². The molecule has 0 saturated heterocycles. The van der Waals surface area contributed by atoms with Crippen LogP contribution in [0.25, 0.3) is 0 Å². The van der Waals surface area contributed by atoms with E-state index in [4.69, 9.17) is 4.74 Å². The molecule has 0 radical (unpaired) electrons. The Hall–Kier alpha value is -1.41. The molecule has 6 nitrogen and oxygen atoms in total. The third kappa shape index (κ3) is 4.03. The minimum Gasteiger partial charge on any atom is -0.461 e. The fourth-order valence-corrected chi connectivity index (χ4v) is 2.90. The van der Waals surface area contributed by atoms with E-state index in [1.807, 2.05) is 26.2 Å². The molecule has 0 aliphatic rings. The first-order valence-electron chi connectivity index (χ1n) is 5.77. The molecule has 0 aliphatic heterocycles. The van der Waals surface area contributed by atoms with Crippen LogP contribution in [0.5, 0.6) is 6.01 Å². The number of rotatable bonds is 5. The third-order valence-electron chi connectivity index (χ3n) is 1.94. The van der Waals surface area contributed by atoms with Gasteiger partial charge < -0.3 is 10.1 Å². The van der Waals surface area contributed by atoms with Crippen molar-refractivity contribution in [3.63, 3.8) is 0 Å². The van der Waals surface area contributed by atoms with Gasteiger partial charge in [-0.25, -0.2) is 4.98 Å². The molecule has 0 fully saturated rings. The number of nitrogens with one attached hydrogen (secondary N) is 1. The van der Waals surface area contributed by atoms with Crippen molar-refractivity contribution in [1.82, 2.24) is 19.9 Å². The summed E-state index contributed by atoms with van der Waals surface area (Å²) in [6.07, 6.45) is 0.0204. The summed E-state index contributed by atoms with van der Waals surface area (Å²) in [4.78, 5) is 17.1. The van der Waals surface area contributed by atoms with Crippen molar-refractivity contribution < 1.29 is 4.74 Å². The first-order chi connectivity index (χ1) is 9.06. The van der Waals surface area contributed by atoms with Crippen LogP contribution in [0.3, 0.4) is 0 Å². The highest BCUT2D eigenvalue weighted by molar-refractivity contribution is 8.00. The van der Waals surface area contributed by atoms with Crippen LogP contribution in [0.4, 0.5) is 5.95 Å². The molecule has 2 aromatic rings. The topological polar surface area (TPSA) is 72.8 Å². The summed E-state index contributed by atoms with van der Waals surface area (Å²) in [7, 11) is 1.76. The summed E-state index contributed by atoms with van der Waals surface area (Å²) in [6, 6.07) is 0.324. The van der Waals surface area contributed by atoms with Crippen molar-refractivity contribution in [3.05, 3.63) is 11.1 Å². The summed E-state index contributed by atoms with van der Waals surface area (Å²) in [6.45, 7) is 5.82. The summed E-state index contributed by atoms with van der Waals surface area (Å²) in [5, 5.41) is 5.47. The average molecular weight is 297 g/mol. The maximum atomic E-state index is 5.51. The fourth-order valence-electron chi connectivity index (χ4n) is 1.22. The van der Waals surface area contributed by atoms with Crippen molar-refractivity contribution in [3.8, 4) is 6.01 Å². The molecule has 0 amide bonds. The Morgan fingerprint density at radius 2 is 2.05 bits per heavy atom. The van der Waals surface area contributed by atoms with Gasteiger partial charge >= 0.3 is 6.01 Å². The molecule has 0 bridgehead atoms. The molecule has 0 aromatic carbocycles. The number of anilines is 1. The number of hydrogen-bond acceptors (Lipinski definition) is 8. The van der Waals surface area contributed by atoms with Gasteiger partial charge in [0.15, 0.2) is 4.34 Å². The second-order valence-corrected chi connectivity index (χ2v) is 6.07. The summed E-state index contributed by atoms with van der Waals surface area (Å²) in [5.74, 6) is 0.487. The first kappa shape index (κ1) is 14.0. The summed E-state index contributed by atoms with van der Waals surface area (Å²) in [5.41, 5.74) is 0.994. The van der Waals surface area contributed by atoms with Crippen molar-refractivity contribution in [2.24, 2.45) is 0 Å². The molecule has 8 heteroatoms. The number of aryl methyl sites for hydroxylation is 1. The zero-order valence-electron chi connectivity index (χ0n) is 11.2. The zero-order chi connectivity index (χ0) is 13.8. The van der Waals surface area contributed by atoms with Crippen LogP contribution >= 0.6 is 23.1 Å². The average Bonchev–Trinajstić information content (AvgIpc) is 2.73. The molecule has 19 heavy (non-hydrogen) atoms. The van der Waals surface area contributed by atoms with Gasteiger partial charge in [0.1, 0.15) is 0 Å². The molecule has 2 aromatic heterocycles. The van der Waals surface area contributed by atoms with Gasteiger partial charge in [-0.1, -0.05) is 0 Å². The van der Waals surface area contributed by atoms with E-state index in [9.17, 15) is 0 Å². The van der Waals surface area contributed by atoms with Gasteiger partial charge in [0.05, 0.1) is 6.10 Å². The van der Waals surface area contributed by atoms with Crippen molar-refractivity contribution >= 4 is 29.0 Å². The van der Waals surface area contributed by atoms with E-state index in [2.05, 4.69) is 25.3 Å². The molecular weight excluding hydrogens is 282 g/mol. The lowest BCUT2D eigenvalue weighted by atomic mass is 10.5. The Morgan fingerprint density at radius 1 is 1.26 bits per heavy atom. The molecule has 2 rings (SSSR count). The van der Waals surface area contributed by atoms with E-state index in [0.717, 1.165) is 10.0 Å². The van der Waals surface area contributed by atoms with E-state index < -0.39 is 0 Å². The number of nitrogens with zero attached hydrogens (tertiary/aromatic N) is 4. The van der Waals surface area contributed by atoms with Gasteiger partial charge in [0.25, 0.3) is 0 Å². The van der Waals surface area contributed by atoms with Gasteiger partial charge in [-0.15, -0.1) is 11.3 Å². The summed E-state index contributed by atoms with van der Waals surface area (Å²) < 4.78 is 6.41. The molecule has 0 atom stereocenters. The predicted molar refractivity (Wildman–Crippen MR) is 76.1 cm³/mol. The molecular formula is C11H15N5OS2.